The number of hydrogen-bond acceptors (Lipinski definition) is 4. The molecule has 186 valence electrons. The van der Waals surface area contributed by atoms with E-state index in [9.17, 15) is 14.3 Å². The van der Waals surface area contributed by atoms with Gasteiger partial charge in [-0.25, -0.2) is 9.18 Å². The van der Waals surface area contributed by atoms with E-state index in [-0.39, 0.29) is 42.0 Å². The molecule has 1 aliphatic rings. The summed E-state index contributed by atoms with van der Waals surface area (Å²) in [5.74, 6) is -0.227. The number of aromatic carboxylic acids is 1. The van der Waals surface area contributed by atoms with Crippen molar-refractivity contribution in [1.29, 1.82) is 0 Å². The molecule has 7 heteroatoms. The number of hydrogen-bond donors (Lipinski definition) is 2. The van der Waals surface area contributed by atoms with E-state index in [1.807, 2.05) is 51.1 Å². The number of carbonyl (C=O) groups is 1. The zero-order valence-electron chi connectivity index (χ0n) is 20.3. The van der Waals surface area contributed by atoms with Gasteiger partial charge in [0.2, 0.25) is 0 Å². The standard InChI is InChI=1S/C28H30FNO4.ClH/c1-16-9-11-21(17(2)27(16)28(31)32)23-14-20(34-25-8-6-5-7-22(23)25)15-30-18(3)19-10-12-24(29)26(13-19)33-4;/h5-13,18,20,23,30H,14-15H2,1-4H3,(H,31,32);1H/t18-,20?,23?;/m1./s1. The molecular formula is C28H31ClFNO4. The molecule has 0 bridgehead atoms. The number of halogens is 2. The van der Waals surface area contributed by atoms with Gasteiger partial charge in [0.1, 0.15) is 11.9 Å². The molecule has 5 nitrogen and oxygen atoms in total. The van der Waals surface area contributed by atoms with Crippen LogP contribution in [0.3, 0.4) is 0 Å². The van der Waals surface area contributed by atoms with Crippen LogP contribution in [-0.4, -0.2) is 30.8 Å². The summed E-state index contributed by atoms with van der Waals surface area (Å²) in [4.78, 5) is 11.9. The van der Waals surface area contributed by atoms with Gasteiger partial charge >= 0.3 is 5.97 Å². The first-order chi connectivity index (χ1) is 16.3. The summed E-state index contributed by atoms with van der Waals surface area (Å²) >= 11 is 0. The molecule has 3 aromatic carbocycles. The van der Waals surface area contributed by atoms with Crippen molar-refractivity contribution < 1.29 is 23.8 Å². The lowest BCUT2D eigenvalue weighted by atomic mass is 9.80. The lowest BCUT2D eigenvalue weighted by molar-refractivity contribution is 0.0695. The molecule has 0 fully saturated rings. The molecule has 0 spiro atoms. The molecule has 35 heavy (non-hydrogen) atoms. The molecule has 0 saturated heterocycles. The van der Waals surface area contributed by atoms with E-state index in [0.717, 1.165) is 33.6 Å². The summed E-state index contributed by atoms with van der Waals surface area (Å²) in [5.41, 5.74) is 4.93. The smallest absolute Gasteiger partial charge is 0.336 e. The molecular weight excluding hydrogens is 469 g/mol. The van der Waals surface area contributed by atoms with Crippen molar-refractivity contribution in [2.75, 3.05) is 13.7 Å². The number of aryl methyl sites for hydroxylation is 1. The number of para-hydroxylation sites is 1. The normalized spacial score (nSPS) is 17.5. The predicted octanol–water partition coefficient (Wildman–Crippen LogP) is 6.20. The molecule has 1 aliphatic heterocycles. The van der Waals surface area contributed by atoms with Crippen LogP contribution < -0.4 is 14.8 Å². The van der Waals surface area contributed by atoms with E-state index in [4.69, 9.17) is 9.47 Å². The fraction of sp³-hybridized carbons (Fsp3) is 0.321. The van der Waals surface area contributed by atoms with Crippen LogP contribution in [0.15, 0.2) is 54.6 Å². The molecule has 0 saturated carbocycles. The van der Waals surface area contributed by atoms with E-state index in [1.165, 1.54) is 13.2 Å². The first-order valence-electron chi connectivity index (χ1n) is 11.5. The second-order valence-corrected chi connectivity index (χ2v) is 8.87. The van der Waals surface area contributed by atoms with Crippen molar-refractivity contribution in [2.45, 2.75) is 45.3 Å². The number of carboxylic acid groups (broad SMARTS) is 1. The Morgan fingerprint density at radius 2 is 1.91 bits per heavy atom. The molecule has 3 atom stereocenters. The van der Waals surface area contributed by atoms with Gasteiger partial charge < -0.3 is 19.9 Å². The fourth-order valence-corrected chi connectivity index (χ4v) is 4.85. The summed E-state index contributed by atoms with van der Waals surface area (Å²) in [5, 5.41) is 13.3. The van der Waals surface area contributed by atoms with Gasteiger partial charge in [-0.15, -0.1) is 12.4 Å². The highest BCUT2D eigenvalue weighted by Crippen LogP contribution is 2.42. The summed E-state index contributed by atoms with van der Waals surface area (Å²) in [6, 6.07) is 16.7. The van der Waals surface area contributed by atoms with Gasteiger partial charge in [-0.05, 0) is 67.6 Å². The third-order valence-electron chi connectivity index (χ3n) is 6.72. The van der Waals surface area contributed by atoms with E-state index >= 15 is 0 Å². The van der Waals surface area contributed by atoms with Crippen molar-refractivity contribution in [2.24, 2.45) is 0 Å². The van der Waals surface area contributed by atoms with Crippen LogP contribution in [0.25, 0.3) is 0 Å². The molecule has 0 amide bonds. The SMILES string of the molecule is COc1cc([C@@H](C)NCC2CC(c3ccc(C)c(C(=O)O)c3C)c3ccccc3O2)ccc1F.Cl. The Morgan fingerprint density at radius 3 is 2.63 bits per heavy atom. The van der Waals surface area contributed by atoms with Crippen LogP contribution in [0.4, 0.5) is 4.39 Å². The monoisotopic (exact) mass is 499 g/mol. The van der Waals surface area contributed by atoms with Crippen LogP contribution >= 0.6 is 12.4 Å². The summed E-state index contributed by atoms with van der Waals surface area (Å²) in [6.45, 7) is 6.32. The first kappa shape index (κ1) is 26.5. The van der Waals surface area contributed by atoms with Crippen LogP contribution in [-0.2, 0) is 0 Å². The Hall–Kier alpha value is -3.09. The topological polar surface area (TPSA) is 67.8 Å². The maximum atomic E-state index is 13.8. The number of methoxy groups -OCH3 is 1. The van der Waals surface area contributed by atoms with E-state index in [1.54, 1.807) is 12.1 Å². The number of carboxylic acids is 1. The second-order valence-electron chi connectivity index (χ2n) is 8.87. The number of ether oxygens (including phenoxy) is 2. The minimum absolute atomic E-state index is 0. The summed E-state index contributed by atoms with van der Waals surface area (Å²) in [7, 11) is 1.45. The Balaban J connectivity index is 0.00000342. The molecule has 2 unspecified atom stereocenters. The average molecular weight is 500 g/mol. The van der Waals surface area contributed by atoms with E-state index in [0.29, 0.717) is 18.5 Å². The van der Waals surface area contributed by atoms with Crippen molar-refractivity contribution in [1.82, 2.24) is 5.32 Å². The van der Waals surface area contributed by atoms with E-state index < -0.39 is 5.97 Å². The molecule has 3 aromatic rings. The fourth-order valence-electron chi connectivity index (χ4n) is 4.85. The highest BCUT2D eigenvalue weighted by molar-refractivity contribution is 5.91. The predicted molar refractivity (Wildman–Crippen MR) is 137 cm³/mol. The third-order valence-corrected chi connectivity index (χ3v) is 6.72. The molecule has 0 aromatic heterocycles. The Bertz CT molecular complexity index is 1220. The molecule has 1 heterocycles. The van der Waals surface area contributed by atoms with Crippen LogP contribution in [0.1, 0.15) is 63.5 Å². The van der Waals surface area contributed by atoms with Crippen LogP contribution in [0.2, 0.25) is 0 Å². The van der Waals surface area contributed by atoms with Gasteiger partial charge in [-0.2, -0.15) is 0 Å². The van der Waals surface area contributed by atoms with Gasteiger partial charge in [0, 0.05) is 24.1 Å². The zero-order valence-corrected chi connectivity index (χ0v) is 21.1. The third kappa shape index (κ3) is 5.44. The molecule has 4 rings (SSSR count). The minimum atomic E-state index is -0.904. The minimum Gasteiger partial charge on any atom is -0.494 e. The van der Waals surface area contributed by atoms with Crippen LogP contribution in [0, 0.1) is 19.7 Å². The quantitative estimate of drug-likeness (QED) is 0.405. The molecule has 0 aliphatic carbocycles. The maximum absolute atomic E-state index is 13.8. The molecule has 0 radical (unpaired) electrons. The average Bonchev–Trinajstić information content (AvgIpc) is 2.82. The number of nitrogens with one attached hydrogen (secondary N) is 1. The zero-order chi connectivity index (χ0) is 24.4. The number of rotatable bonds is 7. The maximum Gasteiger partial charge on any atom is 0.336 e. The lowest BCUT2D eigenvalue weighted by Gasteiger charge is -2.34. The van der Waals surface area contributed by atoms with Crippen LogP contribution in [0.5, 0.6) is 11.5 Å². The Labute approximate surface area is 211 Å². The van der Waals surface area contributed by atoms with Crippen molar-refractivity contribution in [3.8, 4) is 11.5 Å². The van der Waals surface area contributed by atoms with E-state index in [2.05, 4.69) is 11.4 Å². The highest BCUT2D eigenvalue weighted by Gasteiger charge is 2.31. The Kier molecular flexibility index (Phi) is 8.41. The first-order valence-corrected chi connectivity index (χ1v) is 11.5. The van der Waals surface area contributed by atoms with Gasteiger partial charge in [-0.3, -0.25) is 0 Å². The largest absolute Gasteiger partial charge is 0.494 e. The van der Waals surface area contributed by atoms with Crippen molar-refractivity contribution in [3.63, 3.8) is 0 Å². The summed E-state index contributed by atoms with van der Waals surface area (Å²) < 4.78 is 25.2. The van der Waals surface area contributed by atoms with Gasteiger partial charge in [0.25, 0.3) is 0 Å². The van der Waals surface area contributed by atoms with Crippen molar-refractivity contribution >= 4 is 18.4 Å². The van der Waals surface area contributed by atoms with Gasteiger partial charge in [0.15, 0.2) is 11.6 Å². The van der Waals surface area contributed by atoms with Crippen molar-refractivity contribution in [3.05, 3.63) is 93.8 Å². The second kappa shape index (κ2) is 11.1. The molecule has 2 N–H and O–H groups in total. The van der Waals surface area contributed by atoms with Gasteiger partial charge in [-0.1, -0.05) is 36.4 Å². The number of benzene rings is 3. The highest BCUT2D eigenvalue weighted by atomic mass is 35.5. The summed E-state index contributed by atoms with van der Waals surface area (Å²) in [6.07, 6.45) is 0.602. The Morgan fingerprint density at radius 1 is 1.17 bits per heavy atom. The lowest BCUT2D eigenvalue weighted by Crippen LogP contribution is -2.37. The van der Waals surface area contributed by atoms with Gasteiger partial charge in [0.05, 0.1) is 12.7 Å². The number of fused-ring (bicyclic) bond motifs is 1.